The van der Waals surface area contributed by atoms with E-state index in [1.54, 1.807) is 11.0 Å². The maximum atomic E-state index is 14.2. The van der Waals surface area contributed by atoms with Gasteiger partial charge in [0, 0.05) is 35.6 Å². The van der Waals surface area contributed by atoms with Crippen LogP contribution in [0.2, 0.25) is 5.02 Å². The van der Waals surface area contributed by atoms with Crippen LogP contribution in [-0.4, -0.2) is 59.6 Å². The fraction of sp³-hybridized carbons (Fsp3) is 0.462. The summed E-state index contributed by atoms with van der Waals surface area (Å²) in [5.41, 5.74) is 0.918. The number of rotatable bonds is 3. The first kappa shape index (κ1) is 21.0. The Morgan fingerprint density at radius 2 is 1.97 bits per heavy atom. The summed E-state index contributed by atoms with van der Waals surface area (Å²) in [5.74, 6) is 0.443. The molecule has 3 saturated heterocycles. The Hall–Kier alpha value is -2.57. The van der Waals surface area contributed by atoms with Crippen LogP contribution in [0.3, 0.4) is 0 Å². The first-order valence-corrected chi connectivity index (χ1v) is 12.1. The van der Waals surface area contributed by atoms with Crippen molar-refractivity contribution in [3.63, 3.8) is 0 Å². The van der Waals surface area contributed by atoms with Crippen LogP contribution in [0, 0.1) is 5.92 Å². The van der Waals surface area contributed by atoms with Crippen LogP contribution in [0.1, 0.15) is 42.9 Å². The van der Waals surface area contributed by atoms with Gasteiger partial charge in [-0.3, -0.25) is 9.59 Å². The Kier molecular flexibility index (Phi) is 4.93. The molecule has 0 aromatic heterocycles. The van der Waals surface area contributed by atoms with Crippen LogP contribution in [0.4, 0.5) is 0 Å². The fourth-order valence-electron chi connectivity index (χ4n) is 6.55. The molecule has 0 N–H and O–H groups in total. The number of nitrogens with zero attached hydrogens (tertiary/aromatic N) is 2. The summed E-state index contributed by atoms with van der Waals surface area (Å²) >= 11 is 6.37. The van der Waals surface area contributed by atoms with Gasteiger partial charge in [-0.1, -0.05) is 41.9 Å². The summed E-state index contributed by atoms with van der Waals surface area (Å²) in [6.45, 7) is 3.64. The number of amides is 2. The van der Waals surface area contributed by atoms with Crippen LogP contribution in [0.15, 0.2) is 48.5 Å². The molecule has 4 heterocycles. The number of carbonyl (C=O) groups excluding carboxylic acids is 2. The summed E-state index contributed by atoms with van der Waals surface area (Å²) in [4.78, 5) is 31.5. The third kappa shape index (κ3) is 3.11. The number of carbonyl (C=O) groups is 2. The zero-order chi connectivity index (χ0) is 22.7. The van der Waals surface area contributed by atoms with Gasteiger partial charge in [-0.25, -0.2) is 0 Å². The van der Waals surface area contributed by atoms with Gasteiger partial charge in [-0.2, -0.15) is 0 Å². The molecule has 4 aliphatic heterocycles. The average Bonchev–Trinajstić information content (AvgIpc) is 3.42. The highest BCUT2D eigenvalue weighted by atomic mass is 35.5. The lowest BCUT2D eigenvalue weighted by molar-refractivity contribution is -0.165. The molecule has 2 aromatic carbocycles. The molecule has 0 saturated carbocycles. The molecule has 0 aliphatic carbocycles. The molecule has 0 spiro atoms. The van der Waals surface area contributed by atoms with Gasteiger partial charge >= 0.3 is 0 Å². The third-order valence-electron chi connectivity index (χ3n) is 7.86. The monoisotopic (exact) mass is 466 g/mol. The summed E-state index contributed by atoms with van der Waals surface area (Å²) < 4.78 is 12.0. The topological polar surface area (TPSA) is 59.1 Å². The second kappa shape index (κ2) is 7.74. The highest BCUT2D eigenvalue weighted by Gasteiger charge is 2.66. The highest BCUT2D eigenvalue weighted by Crippen LogP contribution is 2.60. The molecule has 4 aliphatic rings. The van der Waals surface area contributed by atoms with Gasteiger partial charge in [0.2, 0.25) is 11.8 Å². The minimum absolute atomic E-state index is 0.00128. The smallest absolute Gasteiger partial charge is 0.249 e. The van der Waals surface area contributed by atoms with Crippen molar-refractivity contribution in [1.82, 2.24) is 9.80 Å². The molecule has 172 valence electrons. The molecule has 1 unspecified atom stereocenters. The predicted octanol–water partition coefficient (Wildman–Crippen LogP) is 3.80. The van der Waals surface area contributed by atoms with E-state index < -0.39 is 5.54 Å². The number of fused-ring (bicyclic) bond motifs is 5. The van der Waals surface area contributed by atoms with Crippen molar-refractivity contribution in [3.05, 3.63) is 64.7 Å². The van der Waals surface area contributed by atoms with E-state index in [4.69, 9.17) is 21.1 Å². The van der Waals surface area contributed by atoms with Gasteiger partial charge < -0.3 is 19.3 Å². The number of hydrogen-bond acceptors (Lipinski definition) is 4. The van der Waals surface area contributed by atoms with E-state index >= 15 is 0 Å². The quantitative estimate of drug-likeness (QED) is 0.690. The molecule has 33 heavy (non-hydrogen) atoms. The van der Waals surface area contributed by atoms with Gasteiger partial charge in [-0.15, -0.1) is 0 Å². The second-order valence-corrected chi connectivity index (χ2v) is 10.2. The van der Waals surface area contributed by atoms with Crippen molar-refractivity contribution in [2.24, 2.45) is 5.92 Å². The fourth-order valence-corrected chi connectivity index (χ4v) is 6.73. The van der Waals surface area contributed by atoms with E-state index in [1.807, 2.05) is 42.2 Å². The maximum absolute atomic E-state index is 14.2. The molecule has 2 amide bonds. The number of halogens is 1. The van der Waals surface area contributed by atoms with E-state index in [9.17, 15) is 9.59 Å². The SMILES string of the molecule is C[C@@]12C(=O)N(CC3CCCO3)CC(=O)N1[C@@H]1c3cc(Cl)ccc3OC[C@@H]1[C@@H]2c1ccccc1. The number of benzene rings is 2. The second-order valence-electron chi connectivity index (χ2n) is 9.72. The number of piperazine rings is 1. The Bertz CT molecular complexity index is 1100. The van der Waals surface area contributed by atoms with Crippen molar-refractivity contribution in [3.8, 4) is 5.75 Å². The molecular weight excluding hydrogens is 440 g/mol. The lowest BCUT2D eigenvalue weighted by Crippen LogP contribution is -2.66. The first-order valence-electron chi connectivity index (χ1n) is 11.7. The minimum Gasteiger partial charge on any atom is -0.493 e. The summed E-state index contributed by atoms with van der Waals surface area (Å²) in [5, 5.41) is 0.596. The van der Waals surface area contributed by atoms with Crippen molar-refractivity contribution < 1.29 is 19.1 Å². The molecule has 3 fully saturated rings. The Morgan fingerprint density at radius 1 is 1.15 bits per heavy atom. The minimum atomic E-state index is -1.02. The zero-order valence-electron chi connectivity index (χ0n) is 18.6. The molecule has 0 bridgehead atoms. The number of ether oxygens (including phenoxy) is 2. The Balaban J connectivity index is 1.48. The van der Waals surface area contributed by atoms with Crippen LogP contribution < -0.4 is 4.74 Å². The lowest BCUT2D eigenvalue weighted by atomic mass is 9.73. The van der Waals surface area contributed by atoms with Crippen molar-refractivity contribution in [1.29, 1.82) is 0 Å². The van der Waals surface area contributed by atoms with E-state index in [0.717, 1.165) is 36.3 Å². The van der Waals surface area contributed by atoms with Crippen LogP contribution in [0.25, 0.3) is 0 Å². The molecular formula is C26H27ClN2O4. The van der Waals surface area contributed by atoms with Crippen molar-refractivity contribution in [2.75, 3.05) is 26.3 Å². The Labute approximate surface area is 198 Å². The average molecular weight is 467 g/mol. The summed E-state index contributed by atoms with van der Waals surface area (Å²) in [6, 6.07) is 15.4. The van der Waals surface area contributed by atoms with Crippen molar-refractivity contribution >= 4 is 23.4 Å². The van der Waals surface area contributed by atoms with Gasteiger partial charge in [0.05, 0.1) is 25.3 Å². The van der Waals surface area contributed by atoms with E-state index in [2.05, 4.69) is 12.1 Å². The molecule has 6 nitrogen and oxygen atoms in total. The normalized spacial score (nSPS) is 32.9. The Morgan fingerprint density at radius 3 is 2.73 bits per heavy atom. The molecule has 6 rings (SSSR count). The molecule has 2 aromatic rings. The zero-order valence-corrected chi connectivity index (χ0v) is 19.3. The van der Waals surface area contributed by atoms with Gasteiger partial charge in [0.25, 0.3) is 0 Å². The molecule has 5 atom stereocenters. The first-order chi connectivity index (χ1) is 16.0. The van der Waals surface area contributed by atoms with Gasteiger partial charge in [-0.05, 0) is 43.5 Å². The van der Waals surface area contributed by atoms with Crippen LogP contribution in [0.5, 0.6) is 5.75 Å². The third-order valence-corrected chi connectivity index (χ3v) is 8.10. The van der Waals surface area contributed by atoms with E-state index in [0.29, 0.717) is 18.2 Å². The van der Waals surface area contributed by atoms with Crippen LogP contribution in [-0.2, 0) is 14.3 Å². The lowest BCUT2D eigenvalue weighted by Gasteiger charge is -2.47. The maximum Gasteiger partial charge on any atom is 0.249 e. The molecule has 0 radical (unpaired) electrons. The number of hydrogen-bond donors (Lipinski definition) is 0. The van der Waals surface area contributed by atoms with Crippen molar-refractivity contribution in [2.45, 2.75) is 43.4 Å². The van der Waals surface area contributed by atoms with E-state index in [-0.39, 0.29) is 42.3 Å². The summed E-state index contributed by atoms with van der Waals surface area (Å²) in [7, 11) is 0. The highest BCUT2D eigenvalue weighted by molar-refractivity contribution is 6.30. The predicted molar refractivity (Wildman–Crippen MR) is 123 cm³/mol. The summed E-state index contributed by atoms with van der Waals surface area (Å²) in [6.07, 6.45) is 1.92. The van der Waals surface area contributed by atoms with E-state index in [1.165, 1.54) is 0 Å². The van der Waals surface area contributed by atoms with Crippen LogP contribution >= 0.6 is 11.6 Å². The molecule has 7 heteroatoms. The standard InChI is InChI=1S/C26H27ClN2O4/c1-26-23(16-6-3-2-4-7-16)20-15-33-21-10-9-17(27)12-19(21)24(20)29(26)22(30)14-28(25(26)31)13-18-8-5-11-32-18/h2-4,6-7,9-10,12,18,20,23-24H,5,8,11,13-15H2,1H3/t18?,20-,23+,24-,26-/m1/s1. The largest absolute Gasteiger partial charge is 0.493 e. The van der Waals surface area contributed by atoms with Gasteiger partial charge in [0.1, 0.15) is 11.3 Å². The van der Waals surface area contributed by atoms with Gasteiger partial charge in [0.15, 0.2) is 0 Å².